The van der Waals surface area contributed by atoms with E-state index in [1.165, 1.54) is 58.4 Å². The Morgan fingerprint density at radius 2 is 2.06 bits per heavy atom. The number of hydrogen-bond donors (Lipinski definition) is 1. The zero-order chi connectivity index (χ0) is 13.4. The highest BCUT2D eigenvalue weighted by atomic mass is 15.2. The molecule has 0 bridgehead atoms. The maximum atomic E-state index is 3.63. The van der Waals surface area contributed by atoms with Gasteiger partial charge in [0.1, 0.15) is 0 Å². The van der Waals surface area contributed by atoms with Crippen LogP contribution in [0.2, 0.25) is 0 Å². The van der Waals surface area contributed by atoms with Crippen LogP contribution >= 0.6 is 0 Å². The molecule has 1 fully saturated rings. The summed E-state index contributed by atoms with van der Waals surface area (Å²) in [6.07, 6.45) is 5.26. The minimum absolute atomic E-state index is 0.678. The molecular formula is C15H33N3. The van der Waals surface area contributed by atoms with Crippen molar-refractivity contribution in [1.82, 2.24) is 15.1 Å². The predicted molar refractivity (Wildman–Crippen MR) is 80.1 cm³/mol. The molecule has 1 aliphatic rings. The summed E-state index contributed by atoms with van der Waals surface area (Å²) >= 11 is 0. The van der Waals surface area contributed by atoms with Crippen LogP contribution in [0, 0.1) is 0 Å². The highest BCUT2D eigenvalue weighted by molar-refractivity contribution is 4.74. The fourth-order valence-corrected chi connectivity index (χ4v) is 2.51. The maximum Gasteiger partial charge on any atom is 0.0107 e. The average molecular weight is 255 g/mol. The zero-order valence-electron chi connectivity index (χ0n) is 12.9. The van der Waals surface area contributed by atoms with Gasteiger partial charge < -0.3 is 15.1 Å². The molecule has 1 rings (SSSR count). The highest BCUT2D eigenvalue weighted by Crippen LogP contribution is 2.06. The Labute approximate surface area is 114 Å². The lowest BCUT2D eigenvalue weighted by Gasteiger charge is -2.23. The number of nitrogens with one attached hydrogen (secondary N) is 1. The Morgan fingerprint density at radius 1 is 1.28 bits per heavy atom. The normalized spacial score (nSPS) is 22.7. The highest BCUT2D eigenvalue weighted by Gasteiger charge is 2.14. The standard InChI is InChI=1S/C15H33N3/c1-5-15-8-12-18(13-9-16-15)11-7-6-10-17(4)14(2)3/h14-16H,5-13H2,1-4H3. The molecule has 3 nitrogen and oxygen atoms in total. The molecule has 1 unspecified atom stereocenters. The molecule has 0 aliphatic carbocycles. The van der Waals surface area contributed by atoms with Gasteiger partial charge >= 0.3 is 0 Å². The molecule has 1 N–H and O–H groups in total. The lowest BCUT2D eigenvalue weighted by Crippen LogP contribution is -2.31. The first-order valence-corrected chi connectivity index (χ1v) is 7.79. The summed E-state index contributed by atoms with van der Waals surface area (Å²) < 4.78 is 0. The molecule has 1 atom stereocenters. The van der Waals surface area contributed by atoms with Gasteiger partial charge in [0.25, 0.3) is 0 Å². The Bertz CT molecular complexity index is 206. The largest absolute Gasteiger partial charge is 0.313 e. The fourth-order valence-electron chi connectivity index (χ4n) is 2.51. The van der Waals surface area contributed by atoms with E-state index in [0.29, 0.717) is 6.04 Å². The maximum absolute atomic E-state index is 3.63. The first-order chi connectivity index (χ1) is 8.63. The van der Waals surface area contributed by atoms with Crippen molar-refractivity contribution >= 4 is 0 Å². The van der Waals surface area contributed by atoms with Gasteiger partial charge in [0.05, 0.1) is 0 Å². The van der Waals surface area contributed by atoms with Crippen molar-refractivity contribution in [1.29, 1.82) is 0 Å². The fraction of sp³-hybridized carbons (Fsp3) is 1.00. The number of rotatable bonds is 7. The molecule has 18 heavy (non-hydrogen) atoms. The Balaban J connectivity index is 2.08. The molecule has 3 heteroatoms. The van der Waals surface area contributed by atoms with E-state index in [9.17, 15) is 0 Å². The molecule has 0 radical (unpaired) electrons. The van der Waals surface area contributed by atoms with Crippen LogP contribution in [-0.2, 0) is 0 Å². The first-order valence-electron chi connectivity index (χ1n) is 7.79. The van der Waals surface area contributed by atoms with Crippen molar-refractivity contribution in [3.63, 3.8) is 0 Å². The summed E-state index contributed by atoms with van der Waals surface area (Å²) in [7, 11) is 2.23. The summed E-state index contributed by atoms with van der Waals surface area (Å²) in [5.74, 6) is 0. The summed E-state index contributed by atoms with van der Waals surface area (Å²) in [6, 6.07) is 1.43. The second-order valence-corrected chi connectivity index (χ2v) is 5.97. The minimum Gasteiger partial charge on any atom is -0.313 e. The van der Waals surface area contributed by atoms with Crippen LogP contribution in [-0.4, -0.2) is 61.7 Å². The smallest absolute Gasteiger partial charge is 0.0107 e. The van der Waals surface area contributed by atoms with E-state index >= 15 is 0 Å². The van der Waals surface area contributed by atoms with Crippen LogP contribution in [0.5, 0.6) is 0 Å². The summed E-state index contributed by atoms with van der Waals surface area (Å²) in [6.45, 7) is 13.0. The zero-order valence-corrected chi connectivity index (χ0v) is 12.9. The van der Waals surface area contributed by atoms with E-state index in [1.807, 2.05) is 0 Å². The van der Waals surface area contributed by atoms with Crippen molar-refractivity contribution in [2.45, 2.75) is 58.5 Å². The monoisotopic (exact) mass is 255 g/mol. The summed E-state index contributed by atoms with van der Waals surface area (Å²) in [4.78, 5) is 5.08. The second-order valence-electron chi connectivity index (χ2n) is 5.97. The third-order valence-electron chi connectivity index (χ3n) is 4.26. The molecular weight excluding hydrogens is 222 g/mol. The van der Waals surface area contributed by atoms with Gasteiger partial charge in [-0.3, -0.25) is 0 Å². The van der Waals surface area contributed by atoms with E-state index in [2.05, 4.69) is 42.9 Å². The van der Waals surface area contributed by atoms with Gasteiger partial charge in [0.2, 0.25) is 0 Å². The van der Waals surface area contributed by atoms with Gasteiger partial charge in [0, 0.05) is 25.2 Å². The van der Waals surface area contributed by atoms with Crippen molar-refractivity contribution in [3.05, 3.63) is 0 Å². The molecule has 108 valence electrons. The molecule has 0 amide bonds. The number of nitrogens with zero attached hydrogens (tertiary/aromatic N) is 2. The van der Waals surface area contributed by atoms with Crippen LogP contribution in [0.25, 0.3) is 0 Å². The Hall–Kier alpha value is -0.120. The average Bonchev–Trinajstić information content (AvgIpc) is 2.59. The molecule has 0 spiro atoms. The van der Waals surface area contributed by atoms with E-state index in [-0.39, 0.29) is 0 Å². The van der Waals surface area contributed by atoms with Crippen molar-refractivity contribution in [3.8, 4) is 0 Å². The van der Waals surface area contributed by atoms with Gasteiger partial charge in [-0.05, 0) is 66.2 Å². The van der Waals surface area contributed by atoms with Crippen molar-refractivity contribution in [2.24, 2.45) is 0 Å². The third kappa shape index (κ3) is 6.17. The third-order valence-corrected chi connectivity index (χ3v) is 4.26. The Morgan fingerprint density at radius 3 is 2.72 bits per heavy atom. The first kappa shape index (κ1) is 15.9. The van der Waals surface area contributed by atoms with Gasteiger partial charge in [0.15, 0.2) is 0 Å². The van der Waals surface area contributed by atoms with E-state index in [0.717, 1.165) is 6.04 Å². The van der Waals surface area contributed by atoms with Crippen molar-refractivity contribution < 1.29 is 0 Å². The lowest BCUT2D eigenvalue weighted by molar-refractivity contribution is 0.246. The van der Waals surface area contributed by atoms with Crippen molar-refractivity contribution in [2.75, 3.05) is 39.8 Å². The Kier molecular flexibility index (Phi) is 7.87. The van der Waals surface area contributed by atoms with Gasteiger partial charge in [-0.15, -0.1) is 0 Å². The van der Waals surface area contributed by atoms with Crippen LogP contribution in [0.1, 0.15) is 46.5 Å². The molecule has 0 aromatic rings. The quantitative estimate of drug-likeness (QED) is 0.704. The van der Waals surface area contributed by atoms with E-state index < -0.39 is 0 Å². The molecule has 1 saturated heterocycles. The number of unbranched alkanes of at least 4 members (excludes halogenated alkanes) is 1. The lowest BCUT2D eigenvalue weighted by atomic mass is 10.1. The van der Waals surface area contributed by atoms with Gasteiger partial charge in [-0.2, -0.15) is 0 Å². The molecule has 0 saturated carbocycles. The topological polar surface area (TPSA) is 18.5 Å². The van der Waals surface area contributed by atoms with Crippen LogP contribution < -0.4 is 5.32 Å². The minimum atomic E-state index is 0.678. The predicted octanol–water partition coefficient (Wildman–Crippen LogP) is 2.18. The van der Waals surface area contributed by atoms with Crippen LogP contribution in [0.3, 0.4) is 0 Å². The number of hydrogen-bond acceptors (Lipinski definition) is 3. The van der Waals surface area contributed by atoms with Gasteiger partial charge in [-0.1, -0.05) is 6.92 Å². The molecule has 0 aromatic carbocycles. The summed E-state index contributed by atoms with van der Waals surface area (Å²) in [5.41, 5.74) is 0. The SMILES string of the molecule is CCC1CCN(CCCCN(C)C(C)C)CCN1. The molecule has 1 aliphatic heterocycles. The second kappa shape index (κ2) is 8.89. The van der Waals surface area contributed by atoms with Gasteiger partial charge in [-0.25, -0.2) is 0 Å². The van der Waals surface area contributed by atoms with E-state index in [1.54, 1.807) is 0 Å². The molecule has 0 aromatic heterocycles. The van der Waals surface area contributed by atoms with E-state index in [4.69, 9.17) is 0 Å². The molecule has 1 heterocycles. The summed E-state index contributed by atoms with van der Waals surface area (Å²) in [5, 5.41) is 3.63. The van der Waals surface area contributed by atoms with Crippen LogP contribution in [0.15, 0.2) is 0 Å². The van der Waals surface area contributed by atoms with Crippen LogP contribution in [0.4, 0.5) is 0 Å².